The molecule has 0 saturated carbocycles. The molecule has 1 aromatic heterocycles. The Morgan fingerprint density at radius 3 is 2.76 bits per heavy atom. The molecule has 1 atom stereocenters. The lowest BCUT2D eigenvalue weighted by Gasteiger charge is -2.17. The number of aliphatic carboxylic acids is 1. The highest BCUT2D eigenvalue weighted by Gasteiger charge is 2.28. The van der Waals surface area contributed by atoms with E-state index in [0.717, 1.165) is 36.6 Å². The van der Waals surface area contributed by atoms with Crippen LogP contribution in [0.3, 0.4) is 0 Å². The van der Waals surface area contributed by atoms with Gasteiger partial charge < -0.3 is 15.2 Å². The minimum absolute atomic E-state index is 0.114. The zero-order chi connectivity index (χ0) is 18.0. The van der Waals surface area contributed by atoms with Gasteiger partial charge in [-0.1, -0.05) is 18.2 Å². The lowest BCUT2D eigenvalue weighted by Crippen LogP contribution is -2.34. The van der Waals surface area contributed by atoms with Gasteiger partial charge in [-0.05, 0) is 37.0 Å². The van der Waals surface area contributed by atoms with Gasteiger partial charge in [0, 0.05) is 11.3 Å². The number of carbonyl (C=O) groups excluding carboxylic acids is 1. The van der Waals surface area contributed by atoms with E-state index in [4.69, 9.17) is 4.74 Å². The van der Waals surface area contributed by atoms with Crippen molar-refractivity contribution in [1.29, 1.82) is 0 Å². The molecule has 2 N–H and O–H groups in total. The van der Waals surface area contributed by atoms with Gasteiger partial charge in [0.25, 0.3) is 5.91 Å². The number of benzene rings is 1. The molecule has 0 bridgehead atoms. The van der Waals surface area contributed by atoms with Crippen molar-refractivity contribution < 1.29 is 23.8 Å². The van der Waals surface area contributed by atoms with Gasteiger partial charge >= 0.3 is 5.97 Å². The van der Waals surface area contributed by atoms with Gasteiger partial charge in [-0.3, -0.25) is 4.79 Å². The maximum atomic E-state index is 13.9. The second-order valence-electron chi connectivity index (χ2n) is 5.77. The van der Waals surface area contributed by atoms with E-state index in [9.17, 15) is 19.1 Å². The van der Waals surface area contributed by atoms with Crippen LogP contribution in [0.25, 0.3) is 0 Å². The van der Waals surface area contributed by atoms with Crippen molar-refractivity contribution in [3.8, 4) is 5.88 Å². The number of rotatable bonds is 5. The highest BCUT2D eigenvalue weighted by atomic mass is 19.1. The predicted molar refractivity (Wildman–Crippen MR) is 87.1 cm³/mol. The summed E-state index contributed by atoms with van der Waals surface area (Å²) in [5, 5.41) is 11.8. The standard InChI is InChI=1S/C18H17FN2O4/c1-25-17-12(9-10-5-4-8-14(10)20-17)16(22)21-15(18(23)24)11-6-2-3-7-13(11)19/h2-3,6-7,9,15H,4-5,8H2,1H3,(H,21,22)(H,23,24)/t15-/m0/s1. The van der Waals surface area contributed by atoms with E-state index in [1.54, 1.807) is 6.07 Å². The Morgan fingerprint density at radius 2 is 2.08 bits per heavy atom. The first-order valence-electron chi connectivity index (χ1n) is 7.86. The molecule has 0 aliphatic heterocycles. The third kappa shape index (κ3) is 3.31. The SMILES string of the molecule is COc1nc2c(cc1C(=O)N[C@H](C(=O)O)c1ccccc1F)CCC2. The molecule has 7 heteroatoms. The van der Waals surface area contributed by atoms with E-state index in [0.29, 0.717) is 0 Å². The monoisotopic (exact) mass is 344 g/mol. The first-order valence-corrected chi connectivity index (χ1v) is 7.86. The van der Waals surface area contributed by atoms with Crippen molar-refractivity contribution in [2.24, 2.45) is 0 Å². The van der Waals surface area contributed by atoms with Gasteiger partial charge in [0.2, 0.25) is 5.88 Å². The summed E-state index contributed by atoms with van der Waals surface area (Å²) in [5.74, 6) is -2.59. The summed E-state index contributed by atoms with van der Waals surface area (Å²) in [6, 6.07) is 5.60. The van der Waals surface area contributed by atoms with Crippen molar-refractivity contribution in [1.82, 2.24) is 10.3 Å². The fourth-order valence-electron chi connectivity index (χ4n) is 2.96. The van der Waals surface area contributed by atoms with Crippen molar-refractivity contribution in [2.75, 3.05) is 7.11 Å². The van der Waals surface area contributed by atoms with Crippen LogP contribution >= 0.6 is 0 Å². The predicted octanol–water partition coefficient (Wildman–Crippen LogP) is 2.27. The minimum atomic E-state index is -1.51. The normalized spacial score (nSPS) is 13.8. The average Bonchev–Trinajstić information content (AvgIpc) is 3.06. The molecule has 2 aromatic rings. The number of hydrogen-bond donors (Lipinski definition) is 2. The number of hydrogen-bond acceptors (Lipinski definition) is 4. The maximum absolute atomic E-state index is 13.9. The van der Waals surface area contributed by atoms with E-state index in [1.165, 1.54) is 25.3 Å². The molecule has 130 valence electrons. The van der Waals surface area contributed by atoms with Crippen molar-refractivity contribution in [2.45, 2.75) is 25.3 Å². The summed E-state index contributed by atoms with van der Waals surface area (Å²) in [6.45, 7) is 0. The number of fused-ring (bicyclic) bond motifs is 1. The number of methoxy groups -OCH3 is 1. The summed E-state index contributed by atoms with van der Waals surface area (Å²) in [6.07, 6.45) is 2.58. The van der Waals surface area contributed by atoms with Gasteiger partial charge in [-0.15, -0.1) is 0 Å². The lowest BCUT2D eigenvalue weighted by atomic mass is 10.1. The van der Waals surface area contributed by atoms with Crippen LogP contribution in [0.5, 0.6) is 5.88 Å². The lowest BCUT2D eigenvalue weighted by molar-refractivity contribution is -0.139. The Hall–Kier alpha value is -2.96. The second kappa shape index (κ2) is 6.88. The molecule has 0 saturated heterocycles. The zero-order valence-electron chi connectivity index (χ0n) is 13.6. The molecular formula is C18H17FN2O4. The smallest absolute Gasteiger partial charge is 0.331 e. The summed E-state index contributed by atoms with van der Waals surface area (Å²) in [4.78, 5) is 28.5. The summed E-state index contributed by atoms with van der Waals surface area (Å²) < 4.78 is 19.1. The Kier molecular flexibility index (Phi) is 4.65. The molecule has 1 aliphatic rings. The maximum Gasteiger partial charge on any atom is 0.331 e. The van der Waals surface area contributed by atoms with Gasteiger partial charge in [0.15, 0.2) is 6.04 Å². The Labute approximate surface area is 143 Å². The molecule has 0 fully saturated rings. The number of nitrogens with one attached hydrogen (secondary N) is 1. The van der Waals surface area contributed by atoms with Crippen LogP contribution in [0.1, 0.15) is 39.6 Å². The summed E-state index contributed by atoms with van der Waals surface area (Å²) >= 11 is 0. The van der Waals surface area contributed by atoms with Crippen LogP contribution in [0.2, 0.25) is 0 Å². The Balaban J connectivity index is 1.93. The van der Waals surface area contributed by atoms with Crippen LogP contribution in [0, 0.1) is 5.82 Å². The fourth-order valence-corrected chi connectivity index (χ4v) is 2.96. The second-order valence-corrected chi connectivity index (χ2v) is 5.77. The molecule has 0 radical (unpaired) electrons. The number of carboxylic acid groups (broad SMARTS) is 1. The number of aryl methyl sites for hydroxylation is 2. The largest absolute Gasteiger partial charge is 0.480 e. The highest BCUT2D eigenvalue weighted by Crippen LogP contribution is 2.27. The average molecular weight is 344 g/mol. The van der Waals surface area contributed by atoms with E-state index in [2.05, 4.69) is 10.3 Å². The van der Waals surface area contributed by atoms with Crippen molar-refractivity contribution in [3.63, 3.8) is 0 Å². The fraction of sp³-hybridized carbons (Fsp3) is 0.278. The molecular weight excluding hydrogens is 327 g/mol. The number of carbonyl (C=O) groups is 2. The first-order chi connectivity index (χ1) is 12.0. The molecule has 1 heterocycles. The molecule has 1 aliphatic carbocycles. The van der Waals surface area contributed by atoms with Gasteiger partial charge in [0.1, 0.15) is 11.4 Å². The van der Waals surface area contributed by atoms with Crippen LogP contribution in [-0.2, 0) is 17.6 Å². The zero-order valence-corrected chi connectivity index (χ0v) is 13.6. The van der Waals surface area contributed by atoms with Gasteiger partial charge in [-0.25, -0.2) is 14.2 Å². The quantitative estimate of drug-likeness (QED) is 0.869. The number of aromatic nitrogens is 1. The van der Waals surface area contributed by atoms with Crippen LogP contribution in [-0.4, -0.2) is 29.1 Å². The van der Waals surface area contributed by atoms with E-state index < -0.39 is 23.7 Å². The number of ether oxygens (including phenoxy) is 1. The molecule has 1 aromatic carbocycles. The van der Waals surface area contributed by atoms with Crippen molar-refractivity contribution in [3.05, 3.63) is 58.5 Å². The Morgan fingerprint density at radius 1 is 1.32 bits per heavy atom. The number of pyridine rings is 1. The molecule has 1 amide bonds. The third-order valence-electron chi connectivity index (χ3n) is 4.19. The Bertz CT molecular complexity index is 838. The summed E-state index contributed by atoms with van der Waals surface area (Å²) in [5.41, 5.74) is 1.86. The van der Waals surface area contributed by atoms with Crippen molar-refractivity contribution >= 4 is 11.9 Å². The third-order valence-corrected chi connectivity index (χ3v) is 4.19. The molecule has 0 spiro atoms. The molecule has 0 unspecified atom stereocenters. The molecule has 6 nitrogen and oxygen atoms in total. The van der Waals surface area contributed by atoms with Gasteiger partial charge in [-0.2, -0.15) is 0 Å². The van der Waals surface area contributed by atoms with E-state index in [1.807, 2.05) is 0 Å². The molecule has 25 heavy (non-hydrogen) atoms. The van der Waals surface area contributed by atoms with E-state index >= 15 is 0 Å². The number of amides is 1. The first kappa shape index (κ1) is 16.9. The van der Waals surface area contributed by atoms with Crippen LogP contribution in [0.4, 0.5) is 4.39 Å². The van der Waals surface area contributed by atoms with E-state index in [-0.39, 0.29) is 17.0 Å². The number of halogens is 1. The number of nitrogens with zero attached hydrogens (tertiary/aromatic N) is 1. The van der Waals surface area contributed by atoms with Crippen LogP contribution in [0.15, 0.2) is 30.3 Å². The van der Waals surface area contributed by atoms with Gasteiger partial charge in [0.05, 0.1) is 7.11 Å². The highest BCUT2D eigenvalue weighted by molar-refractivity contribution is 5.99. The minimum Gasteiger partial charge on any atom is -0.480 e. The topological polar surface area (TPSA) is 88.5 Å². The molecule has 3 rings (SSSR count). The number of carboxylic acids is 1. The van der Waals surface area contributed by atoms with Crippen LogP contribution < -0.4 is 10.1 Å². The summed E-state index contributed by atoms with van der Waals surface area (Å²) in [7, 11) is 1.39.